The van der Waals surface area contributed by atoms with Crippen molar-refractivity contribution in [1.82, 2.24) is 14.4 Å². The highest BCUT2D eigenvalue weighted by atomic mass is 16.5. The molecule has 1 aliphatic heterocycles. The van der Waals surface area contributed by atoms with Crippen molar-refractivity contribution in [3.05, 3.63) is 48.4 Å². The second-order valence-electron chi connectivity index (χ2n) is 5.40. The van der Waals surface area contributed by atoms with Crippen LogP contribution in [0.15, 0.2) is 42.7 Å². The van der Waals surface area contributed by atoms with E-state index >= 15 is 0 Å². The summed E-state index contributed by atoms with van der Waals surface area (Å²) in [6.45, 7) is 3.15. The van der Waals surface area contributed by atoms with Crippen LogP contribution in [-0.4, -0.2) is 47.0 Å². The summed E-state index contributed by atoms with van der Waals surface area (Å²) in [6, 6.07) is 9.67. The highest BCUT2D eigenvalue weighted by Gasteiger charge is 2.16. The van der Waals surface area contributed by atoms with Crippen LogP contribution in [-0.2, 0) is 4.74 Å². The number of rotatable bonds is 3. The molecule has 6 nitrogen and oxygen atoms in total. The van der Waals surface area contributed by atoms with Crippen LogP contribution >= 0.6 is 0 Å². The molecule has 6 heteroatoms. The molecule has 0 aliphatic carbocycles. The molecule has 0 radical (unpaired) electrons. The fourth-order valence-electron chi connectivity index (χ4n) is 2.89. The zero-order chi connectivity index (χ0) is 15.6. The highest BCUT2D eigenvalue weighted by Crippen LogP contribution is 2.25. The van der Waals surface area contributed by atoms with Crippen LogP contribution in [0.4, 0.5) is 5.82 Å². The van der Waals surface area contributed by atoms with Gasteiger partial charge in [-0.25, -0.2) is 9.97 Å². The maximum absolute atomic E-state index is 11.4. The Hall–Kier alpha value is -2.73. The van der Waals surface area contributed by atoms with Crippen LogP contribution < -0.4 is 4.90 Å². The number of carbonyl (C=O) groups is 1. The smallest absolute Gasteiger partial charge is 0.170 e. The first-order valence-corrected chi connectivity index (χ1v) is 7.58. The molecule has 3 aromatic rings. The Balaban J connectivity index is 1.74. The van der Waals surface area contributed by atoms with E-state index in [0.717, 1.165) is 55.3 Å². The molecule has 0 N–H and O–H groups in total. The molecule has 1 fully saturated rings. The average Bonchev–Trinajstić information content (AvgIpc) is 3.01. The number of morpholine rings is 1. The number of carbonyl (C=O) groups excluding carboxylic acids is 1. The lowest BCUT2D eigenvalue weighted by Gasteiger charge is -2.27. The summed E-state index contributed by atoms with van der Waals surface area (Å²) in [5.74, 6) is 0.929. The summed E-state index contributed by atoms with van der Waals surface area (Å²) < 4.78 is 7.27. The highest BCUT2D eigenvalue weighted by molar-refractivity contribution is 5.86. The van der Waals surface area contributed by atoms with E-state index in [2.05, 4.69) is 14.9 Å². The molecule has 23 heavy (non-hydrogen) atoms. The third kappa shape index (κ3) is 2.47. The van der Waals surface area contributed by atoms with Gasteiger partial charge in [0.15, 0.2) is 6.29 Å². The van der Waals surface area contributed by atoms with Gasteiger partial charge in [0.1, 0.15) is 17.2 Å². The van der Waals surface area contributed by atoms with Gasteiger partial charge in [0.2, 0.25) is 0 Å². The molecule has 0 amide bonds. The molecule has 0 aromatic carbocycles. The van der Waals surface area contributed by atoms with Crippen molar-refractivity contribution >= 4 is 17.8 Å². The summed E-state index contributed by atoms with van der Waals surface area (Å²) in [4.78, 5) is 22.5. The van der Waals surface area contributed by atoms with E-state index in [4.69, 9.17) is 4.74 Å². The Kier molecular flexibility index (Phi) is 3.51. The van der Waals surface area contributed by atoms with E-state index < -0.39 is 0 Å². The summed E-state index contributed by atoms with van der Waals surface area (Å²) in [5, 5.41) is 0. The van der Waals surface area contributed by atoms with Gasteiger partial charge in [0.25, 0.3) is 0 Å². The molecule has 4 rings (SSSR count). The Morgan fingerprint density at radius 2 is 2.00 bits per heavy atom. The number of imidazole rings is 1. The number of fused-ring (bicyclic) bond motifs is 1. The first-order valence-electron chi connectivity index (χ1n) is 7.58. The van der Waals surface area contributed by atoms with Crippen LogP contribution in [0.2, 0.25) is 0 Å². The Morgan fingerprint density at radius 3 is 2.74 bits per heavy atom. The number of nitrogens with zero attached hydrogens (tertiary/aromatic N) is 4. The lowest BCUT2D eigenvalue weighted by Crippen LogP contribution is -2.36. The number of hydrogen-bond acceptors (Lipinski definition) is 5. The molecule has 0 bridgehead atoms. The molecule has 3 aromatic heterocycles. The van der Waals surface area contributed by atoms with Crippen molar-refractivity contribution in [3.8, 4) is 11.3 Å². The summed E-state index contributed by atoms with van der Waals surface area (Å²) >= 11 is 0. The van der Waals surface area contributed by atoms with Gasteiger partial charge in [-0.05, 0) is 24.3 Å². The van der Waals surface area contributed by atoms with Gasteiger partial charge in [-0.2, -0.15) is 0 Å². The van der Waals surface area contributed by atoms with Gasteiger partial charge in [-0.15, -0.1) is 0 Å². The molecule has 116 valence electrons. The van der Waals surface area contributed by atoms with Gasteiger partial charge in [-0.1, -0.05) is 6.07 Å². The van der Waals surface area contributed by atoms with Crippen molar-refractivity contribution in [2.24, 2.45) is 0 Å². The minimum absolute atomic E-state index is 0.428. The fourth-order valence-corrected chi connectivity index (χ4v) is 2.89. The van der Waals surface area contributed by atoms with Crippen molar-refractivity contribution in [2.75, 3.05) is 31.2 Å². The lowest BCUT2D eigenvalue weighted by atomic mass is 10.1. The normalized spacial score (nSPS) is 15.0. The van der Waals surface area contributed by atoms with Gasteiger partial charge in [-0.3, -0.25) is 9.20 Å². The SMILES string of the molecule is O=Cc1nc2ccccn2c1-c1ccc(N2CCOCC2)nc1. The molecule has 4 heterocycles. The van der Waals surface area contributed by atoms with E-state index in [-0.39, 0.29) is 0 Å². The molecular weight excluding hydrogens is 292 g/mol. The molecule has 0 atom stereocenters. The van der Waals surface area contributed by atoms with E-state index in [9.17, 15) is 4.79 Å². The second kappa shape index (κ2) is 5.81. The van der Waals surface area contributed by atoms with E-state index in [1.165, 1.54) is 0 Å². The Bertz CT molecular complexity index is 835. The zero-order valence-corrected chi connectivity index (χ0v) is 12.6. The first-order chi connectivity index (χ1) is 11.4. The molecule has 1 aliphatic rings. The van der Waals surface area contributed by atoms with Gasteiger partial charge >= 0.3 is 0 Å². The average molecular weight is 308 g/mol. The van der Waals surface area contributed by atoms with Crippen LogP contribution in [0, 0.1) is 0 Å². The fraction of sp³-hybridized carbons (Fsp3) is 0.235. The molecule has 0 unspecified atom stereocenters. The number of hydrogen-bond donors (Lipinski definition) is 0. The van der Waals surface area contributed by atoms with Gasteiger partial charge in [0, 0.05) is 31.0 Å². The van der Waals surface area contributed by atoms with E-state index in [0.29, 0.717) is 5.69 Å². The quantitative estimate of drug-likeness (QED) is 0.693. The molecule has 0 spiro atoms. The third-order valence-corrected chi connectivity index (χ3v) is 4.02. The number of aldehydes is 1. The number of anilines is 1. The third-order valence-electron chi connectivity index (χ3n) is 4.02. The maximum atomic E-state index is 11.4. The van der Waals surface area contributed by atoms with Crippen molar-refractivity contribution < 1.29 is 9.53 Å². The maximum Gasteiger partial charge on any atom is 0.170 e. The number of pyridine rings is 2. The predicted octanol–water partition coefficient (Wildman–Crippen LogP) is 2.05. The molecule has 0 saturated carbocycles. The topological polar surface area (TPSA) is 59.7 Å². The van der Waals surface area contributed by atoms with E-state index in [1.54, 1.807) is 6.20 Å². The predicted molar refractivity (Wildman–Crippen MR) is 86.8 cm³/mol. The molecular formula is C17H16N4O2. The number of ether oxygens (including phenoxy) is 1. The van der Waals surface area contributed by atoms with Crippen LogP contribution in [0.1, 0.15) is 10.5 Å². The number of aromatic nitrogens is 3. The van der Waals surface area contributed by atoms with Crippen LogP contribution in [0.25, 0.3) is 16.9 Å². The van der Waals surface area contributed by atoms with Gasteiger partial charge < -0.3 is 9.64 Å². The lowest BCUT2D eigenvalue weighted by molar-refractivity contribution is 0.112. The first kappa shape index (κ1) is 13.9. The zero-order valence-electron chi connectivity index (χ0n) is 12.6. The summed E-state index contributed by atoms with van der Waals surface area (Å²) in [6.07, 6.45) is 4.49. The monoisotopic (exact) mass is 308 g/mol. The second-order valence-corrected chi connectivity index (χ2v) is 5.40. The van der Waals surface area contributed by atoms with Crippen molar-refractivity contribution in [3.63, 3.8) is 0 Å². The van der Waals surface area contributed by atoms with Crippen LogP contribution in [0.5, 0.6) is 0 Å². The summed E-state index contributed by atoms with van der Waals surface area (Å²) in [7, 11) is 0. The van der Waals surface area contributed by atoms with E-state index in [1.807, 2.05) is 40.9 Å². The van der Waals surface area contributed by atoms with Gasteiger partial charge in [0.05, 0.1) is 18.9 Å². The Morgan fingerprint density at radius 1 is 1.13 bits per heavy atom. The summed E-state index contributed by atoms with van der Waals surface area (Å²) in [5.41, 5.74) is 2.83. The minimum Gasteiger partial charge on any atom is -0.378 e. The standard InChI is InChI=1S/C17H16N4O2/c22-12-14-17(21-6-2-1-3-16(21)19-14)13-4-5-15(18-11-13)20-7-9-23-10-8-20/h1-6,11-12H,7-10H2. The molecule has 1 saturated heterocycles. The van der Waals surface area contributed by atoms with Crippen molar-refractivity contribution in [2.45, 2.75) is 0 Å². The minimum atomic E-state index is 0.428. The van der Waals surface area contributed by atoms with Crippen LogP contribution in [0.3, 0.4) is 0 Å². The largest absolute Gasteiger partial charge is 0.378 e. The van der Waals surface area contributed by atoms with Crippen molar-refractivity contribution in [1.29, 1.82) is 0 Å². The Labute approximate surface area is 133 Å².